The molecule has 2 aromatic heterocycles. The molecule has 0 unspecified atom stereocenters. The van der Waals surface area contributed by atoms with Gasteiger partial charge in [-0.05, 0) is 33.8 Å². The Labute approximate surface area is 112 Å². The number of carbonyl (C=O) groups is 1. The number of hydrogen-bond donors (Lipinski definition) is 1. The number of aromatic nitrogens is 2. The van der Waals surface area contributed by atoms with Crippen molar-refractivity contribution in [3.05, 3.63) is 39.5 Å². The van der Waals surface area contributed by atoms with Crippen LogP contribution >= 0.6 is 27.3 Å². The molecule has 2 rings (SSSR count). The molecule has 0 radical (unpaired) electrons. The summed E-state index contributed by atoms with van der Waals surface area (Å²) in [7, 11) is 0. The quantitative estimate of drug-likeness (QED) is 0.862. The summed E-state index contributed by atoms with van der Waals surface area (Å²) in [4.78, 5) is 16.4. The molecular weight excluding hydrogens is 302 g/mol. The lowest BCUT2D eigenvalue weighted by atomic mass is 10.4. The van der Waals surface area contributed by atoms with E-state index in [2.05, 4.69) is 26.2 Å². The smallest absolute Gasteiger partial charge is 0.262 e. The van der Waals surface area contributed by atoms with Crippen LogP contribution in [-0.4, -0.2) is 22.0 Å². The van der Waals surface area contributed by atoms with Gasteiger partial charge in [-0.1, -0.05) is 0 Å². The lowest BCUT2D eigenvalue weighted by Crippen LogP contribution is -2.24. The second-order valence-electron chi connectivity index (χ2n) is 3.51. The van der Waals surface area contributed by atoms with Gasteiger partial charge in [-0.3, -0.25) is 4.79 Å². The maximum absolute atomic E-state index is 11.7. The van der Waals surface area contributed by atoms with Gasteiger partial charge in [0.15, 0.2) is 0 Å². The van der Waals surface area contributed by atoms with Gasteiger partial charge in [-0.15, -0.1) is 11.3 Å². The molecule has 6 heteroatoms. The molecule has 0 bridgehead atoms. The summed E-state index contributed by atoms with van der Waals surface area (Å²) in [6.45, 7) is 1.53. The van der Waals surface area contributed by atoms with E-state index in [9.17, 15) is 4.79 Å². The first kappa shape index (κ1) is 12.3. The van der Waals surface area contributed by atoms with Crippen molar-refractivity contribution < 1.29 is 4.79 Å². The van der Waals surface area contributed by atoms with Crippen LogP contribution < -0.4 is 5.32 Å². The normalized spacial score (nSPS) is 10.4. The molecule has 2 aromatic rings. The summed E-state index contributed by atoms with van der Waals surface area (Å²) in [5.41, 5.74) is 0. The number of thiophene rings is 1. The van der Waals surface area contributed by atoms with E-state index < -0.39 is 0 Å². The number of nitrogens with zero attached hydrogens (tertiary/aromatic N) is 2. The van der Waals surface area contributed by atoms with Crippen LogP contribution in [0.25, 0.3) is 0 Å². The van der Waals surface area contributed by atoms with Crippen LogP contribution in [0.1, 0.15) is 16.1 Å². The third-order valence-corrected chi connectivity index (χ3v) is 4.10. The number of rotatable bonds is 5. The molecular formula is C11H12BrN3OS. The number of hydrogen-bond acceptors (Lipinski definition) is 3. The summed E-state index contributed by atoms with van der Waals surface area (Å²) in [6.07, 6.45) is 6.34. The molecule has 0 aliphatic carbocycles. The predicted octanol–water partition coefficient (Wildman–Crippen LogP) is 2.53. The third-order valence-electron chi connectivity index (χ3n) is 2.26. The van der Waals surface area contributed by atoms with Crippen molar-refractivity contribution in [2.75, 3.05) is 6.54 Å². The molecule has 17 heavy (non-hydrogen) atoms. The summed E-state index contributed by atoms with van der Waals surface area (Å²) in [5.74, 6) is -0.0162. The lowest BCUT2D eigenvalue weighted by molar-refractivity contribution is 0.0956. The van der Waals surface area contributed by atoms with E-state index in [1.165, 1.54) is 11.3 Å². The van der Waals surface area contributed by atoms with Crippen LogP contribution in [0.2, 0.25) is 0 Å². The highest BCUT2D eigenvalue weighted by atomic mass is 79.9. The first-order chi connectivity index (χ1) is 8.27. The van der Waals surface area contributed by atoms with E-state index in [-0.39, 0.29) is 5.91 Å². The number of nitrogens with one attached hydrogen (secondary N) is 1. The van der Waals surface area contributed by atoms with Gasteiger partial charge in [0.05, 0.1) is 6.33 Å². The average molecular weight is 314 g/mol. The second kappa shape index (κ2) is 5.97. The van der Waals surface area contributed by atoms with E-state index >= 15 is 0 Å². The highest BCUT2D eigenvalue weighted by Gasteiger charge is 2.10. The fraction of sp³-hybridized carbons (Fsp3) is 0.273. The fourth-order valence-corrected chi connectivity index (χ4v) is 2.89. The van der Waals surface area contributed by atoms with Crippen LogP contribution in [-0.2, 0) is 6.54 Å². The first-order valence-corrected chi connectivity index (χ1v) is 6.91. The van der Waals surface area contributed by atoms with Gasteiger partial charge in [-0.2, -0.15) is 0 Å². The van der Waals surface area contributed by atoms with Crippen LogP contribution in [0.3, 0.4) is 0 Å². The predicted molar refractivity (Wildman–Crippen MR) is 71.2 cm³/mol. The Hall–Kier alpha value is -1.14. The SMILES string of the molecule is O=C(NCCCn1ccnc1)c1sccc1Br. The van der Waals surface area contributed by atoms with E-state index in [0.29, 0.717) is 6.54 Å². The van der Waals surface area contributed by atoms with Crippen molar-refractivity contribution >= 4 is 33.2 Å². The van der Waals surface area contributed by atoms with Crippen molar-refractivity contribution in [3.63, 3.8) is 0 Å². The van der Waals surface area contributed by atoms with Crippen molar-refractivity contribution in [2.24, 2.45) is 0 Å². The molecule has 1 amide bonds. The minimum Gasteiger partial charge on any atom is -0.351 e. The van der Waals surface area contributed by atoms with Gasteiger partial charge in [0.2, 0.25) is 0 Å². The molecule has 0 atom stereocenters. The molecule has 0 aromatic carbocycles. The molecule has 90 valence electrons. The minimum atomic E-state index is -0.0162. The van der Waals surface area contributed by atoms with E-state index in [4.69, 9.17) is 0 Å². The number of halogens is 1. The Morgan fingerprint density at radius 2 is 2.47 bits per heavy atom. The average Bonchev–Trinajstić information content (AvgIpc) is 2.95. The van der Waals surface area contributed by atoms with Crippen LogP contribution in [0.4, 0.5) is 0 Å². The number of aryl methyl sites for hydroxylation is 1. The zero-order chi connectivity index (χ0) is 12.1. The summed E-state index contributed by atoms with van der Waals surface area (Å²) in [6, 6.07) is 1.88. The molecule has 0 aliphatic heterocycles. The third kappa shape index (κ3) is 3.41. The molecule has 0 saturated heterocycles. The highest BCUT2D eigenvalue weighted by Crippen LogP contribution is 2.22. The molecule has 2 heterocycles. The number of carbonyl (C=O) groups excluding carboxylic acids is 1. The maximum atomic E-state index is 11.7. The molecule has 0 spiro atoms. The molecule has 1 N–H and O–H groups in total. The summed E-state index contributed by atoms with van der Waals surface area (Å²) >= 11 is 4.78. The van der Waals surface area contributed by atoms with Crippen LogP contribution in [0, 0.1) is 0 Å². The lowest BCUT2D eigenvalue weighted by Gasteiger charge is -2.04. The minimum absolute atomic E-state index is 0.0162. The van der Waals surface area contributed by atoms with E-state index in [1.807, 2.05) is 22.2 Å². The maximum Gasteiger partial charge on any atom is 0.262 e. The Bertz CT molecular complexity index is 481. The largest absolute Gasteiger partial charge is 0.351 e. The Morgan fingerprint density at radius 1 is 1.59 bits per heavy atom. The number of amides is 1. The van der Waals surface area contributed by atoms with Gasteiger partial charge in [0.1, 0.15) is 4.88 Å². The van der Waals surface area contributed by atoms with Gasteiger partial charge < -0.3 is 9.88 Å². The van der Waals surface area contributed by atoms with Crippen LogP contribution in [0.15, 0.2) is 34.6 Å². The summed E-state index contributed by atoms with van der Waals surface area (Å²) < 4.78 is 2.85. The fourth-order valence-electron chi connectivity index (χ4n) is 1.42. The van der Waals surface area contributed by atoms with E-state index in [1.54, 1.807) is 12.5 Å². The summed E-state index contributed by atoms with van der Waals surface area (Å²) in [5, 5.41) is 4.79. The highest BCUT2D eigenvalue weighted by molar-refractivity contribution is 9.10. The van der Waals surface area contributed by atoms with Crippen molar-refractivity contribution in [2.45, 2.75) is 13.0 Å². The van der Waals surface area contributed by atoms with Crippen molar-refractivity contribution in [1.82, 2.24) is 14.9 Å². The van der Waals surface area contributed by atoms with Gasteiger partial charge in [0.25, 0.3) is 5.91 Å². The van der Waals surface area contributed by atoms with Crippen molar-refractivity contribution in [3.8, 4) is 0 Å². The zero-order valence-electron chi connectivity index (χ0n) is 9.10. The van der Waals surface area contributed by atoms with Gasteiger partial charge in [-0.25, -0.2) is 4.98 Å². The Morgan fingerprint density at radius 3 is 3.12 bits per heavy atom. The van der Waals surface area contributed by atoms with Gasteiger partial charge >= 0.3 is 0 Å². The van der Waals surface area contributed by atoms with Gasteiger partial charge in [0, 0.05) is 30.0 Å². The second-order valence-corrected chi connectivity index (χ2v) is 5.28. The monoisotopic (exact) mass is 313 g/mol. The molecule has 4 nitrogen and oxygen atoms in total. The standard InChI is InChI=1S/C11H12BrN3OS/c12-9-2-7-17-10(9)11(16)14-3-1-5-15-6-4-13-8-15/h2,4,6-8H,1,3,5H2,(H,14,16). The molecule has 0 saturated carbocycles. The molecule has 0 aliphatic rings. The zero-order valence-corrected chi connectivity index (χ0v) is 11.5. The topological polar surface area (TPSA) is 46.9 Å². The molecule has 0 fully saturated rings. The van der Waals surface area contributed by atoms with E-state index in [0.717, 1.165) is 22.3 Å². The Kier molecular flexibility index (Phi) is 4.33. The first-order valence-electron chi connectivity index (χ1n) is 5.24. The number of imidazole rings is 1. The van der Waals surface area contributed by atoms with Crippen LogP contribution in [0.5, 0.6) is 0 Å². The Balaban J connectivity index is 1.72. The van der Waals surface area contributed by atoms with Crippen molar-refractivity contribution in [1.29, 1.82) is 0 Å².